The highest BCUT2D eigenvalue weighted by atomic mass is 35.5. The van der Waals surface area contributed by atoms with Crippen LogP contribution in [0.15, 0.2) is 15.7 Å². The van der Waals surface area contributed by atoms with Crippen LogP contribution in [-0.4, -0.2) is 0 Å². The van der Waals surface area contributed by atoms with Gasteiger partial charge in [-0.05, 0) is 18.0 Å². The van der Waals surface area contributed by atoms with E-state index in [9.17, 15) is 0 Å². The summed E-state index contributed by atoms with van der Waals surface area (Å²) in [4.78, 5) is 0. The van der Waals surface area contributed by atoms with Gasteiger partial charge >= 0.3 is 0 Å². The van der Waals surface area contributed by atoms with E-state index in [1.165, 1.54) is 11.9 Å². The van der Waals surface area contributed by atoms with E-state index in [0.29, 0.717) is 0 Å². The first-order chi connectivity index (χ1) is 3.83. The normalized spacial score (nSPS) is 9.75. The molecular formula is C4H4ClNS2. The molecule has 1 heterocycles. The number of nitrogens with two attached hydrogens (primary N) is 1. The third-order valence-electron chi connectivity index (χ3n) is 0.660. The zero-order chi connectivity index (χ0) is 5.98. The Labute approximate surface area is 61.0 Å². The summed E-state index contributed by atoms with van der Waals surface area (Å²) in [7, 11) is 0. The Hall–Kier alpha value is 0.300. The van der Waals surface area contributed by atoms with Crippen molar-refractivity contribution in [3.63, 3.8) is 0 Å². The van der Waals surface area contributed by atoms with Gasteiger partial charge in [-0.15, -0.1) is 11.3 Å². The molecule has 1 aromatic heterocycles. The van der Waals surface area contributed by atoms with Crippen LogP contribution in [0.2, 0.25) is 5.02 Å². The van der Waals surface area contributed by atoms with Gasteiger partial charge in [0, 0.05) is 5.38 Å². The molecule has 0 atom stereocenters. The molecule has 44 valence electrons. The van der Waals surface area contributed by atoms with Gasteiger partial charge in [0.25, 0.3) is 0 Å². The number of rotatable bonds is 1. The zero-order valence-electron chi connectivity index (χ0n) is 3.93. The third kappa shape index (κ3) is 1.39. The molecule has 0 saturated carbocycles. The van der Waals surface area contributed by atoms with Crippen LogP contribution in [0.3, 0.4) is 0 Å². The summed E-state index contributed by atoms with van der Waals surface area (Å²) in [6.07, 6.45) is 0. The van der Waals surface area contributed by atoms with Crippen LogP contribution in [0.5, 0.6) is 0 Å². The van der Waals surface area contributed by atoms with E-state index in [-0.39, 0.29) is 0 Å². The monoisotopic (exact) mass is 165 g/mol. The van der Waals surface area contributed by atoms with E-state index >= 15 is 0 Å². The fraction of sp³-hybridized carbons (Fsp3) is 0. The standard InChI is InChI=1S/C4H4ClNS2/c5-3-1-4(8-6)7-2-3/h1-2H,6H2. The smallest absolute Gasteiger partial charge is 0.0764 e. The first-order valence-electron chi connectivity index (χ1n) is 1.93. The Bertz CT molecular complexity index is 174. The van der Waals surface area contributed by atoms with Crippen molar-refractivity contribution in [1.29, 1.82) is 0 Å². The summed E-state index contributed by atoms with van der Waals surface area (Å²) in [5.74, 6) is 0. The Kier molecular flexibility index (Phi) is 2.19. The van der Waals surface area contributed by atoms with E-state index in [4.69, 9.17) is 16.7 Å². The predicted molar refractivity (Wildman–Crippen MR) is 39.4 cm³/mol. The van der Waals surface area contributed by atoms with Gasteiger partial charge in [0.15, 0.2) is 0 Å². The molecule has 4 heteroatoms. The number of hydrogen-bond donors (Lipinski definition) is 1. The summed E-state index contributed by atoms with van der Waals surface area (Å²) in [6.45, 7) is 0. The Morgan fingerprint density at radius 1 is 1.75 bits per heavy atom. The van der Waals surface area contributed by atoms with Gasteiger partial charge in [0.1, 0.15) is 0 Å². The van der Waals surface area contributed by atoms with Crippen molar-refractivity contribution in [2.24, 2.45) is 5.14 Å². The van der Waals surface area contributed by atoms with Gasteiger partial charge in [-0.25, -0.2) is 0 Å². The van der Waals surface area contributed by atoms with Gasteiger partial charge in [0.2, 0.25) is 0 Å². The maximum atomic E-state index is 5.58. The SMILES string of the molecule is NSc1cc(Cl)cs1. The lowest BCUT2D eigenvalue weighted by molar-refractivity contribution is 1.72. The molecule has 0 amide bonds. The predicted octanol–water partition coefficient (Wildman–Crippen LogP) is 2.37. The van der Waals surface area contributed by atoms with Crippen molar-refractivity contribution in [3.05, 3.63) is 16.5 Å². The second kappa shape index (κ2) is 2.73. The highest BCUT2D eigenvalue weighted by Crippen LogP contribution is 2.24. The van der Waals surface area contributed by atoms with Crippen molar-refractivity contribution in [1.82, 2.24) is 0 Å². The maximum absolute atomic E-state index is 5.58. The molecule has 0 aliphatic carbocycles. The molecule has 1 rings (SSSR count). The second-order valence-electron chi connectivity index (χ2n) is 1.20. The van der Waals surface area contributed by atoms with Gasteiger partial charge in [-0.1, -0.05) is 11.6 Å². The quantitative estimate of drug-likeness (QED) is 0.647. The molecule has 8 heavy (non-hydrogen) atoms. The molecule has 0 aromatic carbocycles. The van der Waals surface area contributed by atoms with E-state index in [2.05, 4.69) is 0 Å². The molecular weight excluding hydrogens is 162 g/mol. The molecule has 2 N–H and O–H groups in total. The van der Waals surface area contributed by atoms with Crippen molar-refractivity contribution >= 4 is 34.9 Å². The maximum Gasteiger partial charge on any atom is 0.0764 e. The third-order valence-corrected chi connectivity index (χ3v) is 2.66. The Balaban J connectivity index is 2.84. The van der Waals surface area contributed by atoms with E-state index < -0.39 is 0 Å². The van der Waals surface area contributed by atoms with Crippen LogP contribution in [0.25, 0.3) is 0 Å². The summed E-state index contributed by atoms with van der Waals surface area (Å²) in [5.41, 5.74) is 0. The minimum absolute atomic E-state index is 0.767. The fourth-order valence-corrected chi connectivity index (χ4v) is 1.78. The van der Waals surface area contributed by atoms with Gasteiger partial charge in [-0.2, -0.15) is 0 Å². The molecule has 0 aliphatic heterocycles. The molecule has 0 bridgehead atoms. The van der Waals surface area contributed by atoms with E-state index in [1.54, 1.807) is 11.3 Å². The lowest BCUT2D eigenvalue weighted by atomic mass is 10.7. The molecule has 0 spiro atoms. The average molecular weight is 166 g/mol. The van der Waals surface area contributed by atoms with Crippen LogP contribution in [0.1, 0.15) is 0 Å². The van der Waals surface area contributed by atoms with Gasteiger partial charge in [-0.3, -0.25) is 5.14 Å². The van der Waals surface area contributed by atoms with Crippen LogP contribution in [0, 0.1) is 0 Å². The first kappa shape index (κ1) is 6.42. The number of halogens is 1. The summed E-state index contributed by atoms with van der Waals surface area (Å²) in [6, 6.07) is 1.84. The van der Waals surface area contributed by atoms with E-state index in [1.807, 2.05) is 11.4 Å². The van der Waals surface area contributed by atoms with Gasteiger partial charge in [0.05, 0.1) is 9.23 Å². The number of thiophene rings is 1. The van der Waals surface area contributed by atoms with Gasteiger partial charge < -0.3 is 0 Å². The number of hydrogen-bond acceptors (Lipinski definition) is 3. The molecule has 1 aromatic rings. The Morgan fingerprint density at radius 2 is 2.50 bits per heavy atom. The first-order valence-corrected chi connectivity index (χ1v) is 4.07. The topological polar surface area (TPSA) is 26.0 Å². The van der Waals surface area contributed by atoms with Crippen LogP contribution < -0.4 is 5.14 Å². The summed E-state index contributed by atoms with van der Waals surface area (Å²) in [5, 5.41) is 7.86. The van der Waals surface area contributed by atoms with Crippen LogP contribution >= 0.6 is 34.9 Å². The molecule has 0 fully saturated rings. The van der Waals surface area contributed by atoms with Crippen molar-refractivity contribution < 1.29 is 0 Å². The fourth-order valence-electron chi connectivity index (χ4n) is 0.357. The molecule has 0 unspecified atom stereocenters. The summed E-state index contributed by atoms with van der Waals surface area (Å²) >= 11 is 8.36. The summed E-state index contributed by atoms with van der Waals surface area (Å²) < 4.78 is 1.05. The average Bonchev–Trinajstić information content (AvgIpc) is 2.14. The lowest BCUT2D eigenvalue weighted by Gasteiger charge is -1.79. The van der Waals surface area contributed by atoms with Crippen LogP contribution in [0.4, 0.5) is 0 Å². The highest BCUT2D eigenvalue weighted by molar-refractivity contribution is 7.99. The van der Waals surface area contributed by atoms with E-state index in [0.717, 1.165) is 9.23 Å². The highest BCUT2D eigenvalue weighted by Gasteiger charge is 1.92. The van der Waals surface area contributed by atoms with Crippen molar-refractivity contribution in [2.75, 3.05) is 0 Å². The second-order valence-corrected chi connectivity index (χ2v) is 3.48. The van der Waals surface area contributed by atoms with Crippen molar-refractivity contribution in [3.8, 4) is 0 Å². The largest absolute Gasteiger partial charge is 0.273 e. The zero-order valence-corrected chi connectivity index (χ0v) is 6.32. The van der Waals surface area contributed by atoms with Crippen molar-refractivity contribution in [2.45, 2.75) is 4.21 Å². The van der Waals surface area contributed by atoms with Crippen LogP contribution in [-0.2, 0) is 0 Å². The minimum atomic E-state index is 0.767. The minimum Gasteiger partial charge on any atom is -0.273 e. The molecule has 0 saturated heterocycles. The molecule has 0 aliphatic rings. The lowest BCUT2D eigenvalue weighted by Crippen LogP contribution is -1.70. The molecule has 0 radical (unpaired) electrons. The molecule has 1 nitrogen and oxygen atoms in total. The Morgan fingerprint density at radius 3 is 2.75 bits per heavy atom.